The van der Waals surface area contributed by atoms with Crippen LogP contribution in [0.15, 0.2) is 48.5 Å². The number of nitro groups is 1. The minimum absolute atomic E-state index is 0.201. The first-order chi connectivity index (χ1) is 10.1. The molecule has 2 aromatic carbocycles. The molecule has 1 unspecified atom stereocenters. The number of benzene rings is 2. The lowest BCUT2D eigenvalue weighted by Crippen LogP contribution is -2.19. The lowest BCUT2D eigenvalue weighted by Gasteiger charge is -2.18. The van der Waals surface area contributed by atoms with Crippen LogP contribution in [-0.2, 0) is 0 Å². The van der Waals surface area contributed by atoms with Crippen LogP contribution in [0.5, 0.6) is 0 Å². The highest BCUT2D eigenvalue weighted by Gasteiger charge is 2.25. The van der Waals surface area contributed by atoms with Gasteiger partial charge in [0, 0.05) is 30.8 Å². The first-order valence-corrected chi connectivity index (χ1v) is 6.88. The highest BCUT2D eigenvalue weighted by molar-refractivity contribution is 5.55. The van der Waals surface area contributed by atoms with Gasteiger partial charge in [-0.1, -0.05) is 30.3 Å². The molecule has 0 radical (unpaired) electrons. The van der Waals surface area contributed by atoms with Gasteiger partial charge in [-0.3, -0.25) is 10.1 Å². The fourth-order valence-corrected chi connectivity index (χ4v) is 2.84. The Balaban J connectivity index is 1.82. The minimum Gasteiger partial charge on any atom is -0.371 e. The van der Waals surface area contributed by atoms with Crippen molar-refractivity contribution in [3.63, 3.8) is 0 Å². The maximum atomic E-state index is 13.5. The average Bonchev–Trinajstić information content (AvgIpc) is 2.97. The third-order valence-corrected chi connectivity index (χ3v) is 3.90. The van der Waals surface area contributed by atoms with Crippen LogP contribution in [-0.4, -0.2) is 18.0 Å². The van der Waals surface area contributed by atoms with Crippen molar-refractivity contribution >= 4 is 11.4 Å². The zero-order valence-electron chi connectivity index (χ0n) is 11.4. The summed E-state index contributed by atoms with van der Waals surface area (Å²) in [6, 6.07) is 13.9. The van der Waals surface area contributed by atoms with Crippen molar-refractivity contribution in [1.29, 1.82) is 0 Å². The molecular formula is C16H15FN2O2. The van der Waals surface area contributed by atoms with Gasteiger partial charge in [-0.25, -0.2) is 4.39 Å². The van der Waals surface area contributed by atoms with Crippen LogP contribution in [0.25, 0.3) is 0 Å². The van der Waals surface area contributed by atoms with Gasteiger partial charge >= 0.3 is 0 Å². The number of non-ortho nitro benzene ring substituents is 1. The molecule has 4 nitrogen and oxygen atoms in total. The molecule has 5 heteroatoms. The van der Waals surface area contributed by atoms with E-state index < -0.39 is 10.7 Å². The van der Waals surface area contributed by atoms with Gasteiger partial charge in [0.05, 0.1) is 11.0 Å². The number of anilines is 1. The van der Waals surface area contributed by atoms with E-state index in [2.05, 4.69) is 12.1 Å². The van der Waals surface area contributed by atoms with E-state index in [0.717, 1.165) is 25.6 Å². The van der Waals surface area contributed by atoms with Crippen LogP contribution in [0.1, 0.15) is 17.9 Å². The van der Waals surface area contributed by atoms with Crippen LogP contribution in [0.2, 0.25) is 0 Å². The summed E-state index contributed by atoms with van der Waals surface area (Å²) in [7, 11) is 0. The monoisotopic (exact) mass is 286 g/mol. The molecule has 108 valence electrons. The topological polar surface area (TPSA) is 46.4 Å². The predicted octanol–water partition coefficient (Wildman–Crippen LogP) is 3.73. The second kappa shape index (κ2) is 5.52. The first-order valence-electron chi connectivity index (χ1n) is 6.88. The van der Waals surface area contributed by atoms with Crippen molar-refractivity contribution in [2.75, 3.05) is 18.0 Å². The first kappa shape index (κ1) is 13.5. The fraction of sp³-hybridized carbons (Fsp3) is 0.250. The molecule has 0 aromatic heterocycles. The number of hydrogen-bond acceptors (Lipinski definition) is 3. The average molecular weight is 286 g/mol. The van der Waals surface area contributed by atoms with Crippen molar-refractivity contribution in [3.05, 3.63) is 70.0 Å². The molecule has 1 saturated heterocycles. The highest BCUT2D eigenvalue weighted by Crippen LogP contribution is 2.32. The fourth-order valence-electron chi connectivity index (χ4n) is 2.84. The highest BCUT2D eigenvalue weighted by atomic mass is 19.1. The summed E-state index contributed by atoms with van der Waals surface area (Å²) < 4.78 is 13.5. The number of halogens is 1. The Morgan fingerprint density at radius 3 is 2.67 bits per heavy atom. The predicted molar refractivity (Wildman–Crippen MR) is 79.1 cm³/mol. The van der Waals surface area contributed by atoms with Crippen molar-refractivity contribution in [2.45, 2.75) is 12.3 Å². The molecule has 1 heterocycles. The van der Waals surface area contributed by atoms with Gasteiger partial charge in [-0.2, -0.15) is 0 Å². The molecule has 1 fully saturated rings. The smallest absolute Gasteiger partial charge is 0.274 e. The molecule has 0 aliphatic carbocycles. The second-order valence-electron chi connectivity index (χ2n) is 5.27. The van der Waals surface area contributed by atoms with E-state index in [4.69, 9.17) is 0 Å². The van der Waals surface area contributed by atoms with Gasteiger partial charge in [0.25, 0.3) is 5.69 Å². The van der Waals surface area contributed by atoms with Gasteiger partial charge in [-0.05, 0) is 18.1 Å². The number of hydrogen-bond donors (Lipinski definition) is 0. The second-order valence-corrected chi connectivity index (χ2v) is 5.27. The molecule has 0 spiro atoms. The third kappa shape index (κ3) is 2.86. The zero-order valence-corrected chi connectivity index (χ0v) is 11.4. The summed E-state index contributed by atoms with van der Waals surface area (Å²) in [5, 5.41) is 10.8. The van der Waals surface area contributed by atoms with Crippen LogP contribution >= 0.6 is 0 Å². The molecule has 0 saturated carbocycles. The van der Waals surface area contributed by atoms with Gasteiger partial charge in [0.1, 0.15) is 5.82 Å². The van der Waals surface area contributed by atoms with Crippen molar-refractivity contribution in [1.82, 2.24) is 0 Å². The molecule has 0 bridgehead atoms. The summed E-state index contributed by atoms with van der Waals surface area (Å²) in [6.45, 7) is 1.53. The normalized spacial score (nSPS) is 18.0. The minimum atomic E-state index is -0.567. The van der Waals surface area contributed by atoms with E-state index in [-0.39, 0.29) is 5.69 Å². The summed E-state index contributed by atoms with van der Waals surface area (Å²) in [6.07, 6.45) is 0.967. The molecule has 0 amide bonds. The van der Waals surface area contributed by atoms with Gasteiger partial charge in [0.2, 0.25) is 0 Å². The lowest BCUT2D eigenvalue weighted by atomic mass is 9.99. The Bertz CT molecular complexity index is 661. The SMILES string of the molecule is O=[N+]([O-])c1cc(F)cc(N2CCC(c3ccccc3)C2)c1. The zero-order chi connectivity index (χ0) is 14.8. The Hall–Kier alpha value is -2.43. The van der Waals surface area contributed by atoms with Gasteiger partial charge in [-0.15, -0.1) is 0 Å². The van der Waals surface area contributed by atoms with Gasteiger partial charge < -0.3 is 4.90 Å². The van der Waals surface area contributed by atoms with E-state index in [1.807, 2.05) is 23.1 Å². The molecular weight excluding hydrogens is 271 g/mol. The quantitative estimate of drug-likeness (QED) is 0.638. The van der Waals surface area contributed by atoms with Crippen molar-refractivity contribution < 1.29 is 9.31 Å². The molecule has 1 aliphatic rings. The Morgan fingerprint density at radius 1 is 1.19 bits per heavy atom. The Morgan fingerprint density at radius 2 is 1.95 bits per heavy atom. The summed E-state index contributed by atoms with van der Waals surface area (Å²) in [5.41, 5.74) is 1.64. The van der Waals surface area contributed by atoms with Crippen LogP contribution in [0, 0.1) is 15.9 Å². The van der Waals surface area contributed by atoms with E-state index in [1.54, 1.807) is 0 Å². The summed E-state index contributed by atoms with van der Waals surface area (Å²) >= 11 is 0. The van der Waals surface area contributed by atoms with E-state index in [9.17, 15) is 14.5 Å². The van der Waals surface area contributed by atoms with E-state index in [1.165, 1.54) is 17.7 Å². The Labute approximate surface area is 122 Å². The third-order valence-electron chi connectivity index (χ3n) is 3.90. The van der Waals surface area contributed by atoms with E-state index in [0.29, 0.717) is 11.6 Å². The van der Waals surface area contributed by atoms with E-state index >= 15 is 0 Å². The molecule has 0 N–H and O–H groups in total. The number of nitrogens with zero attached hydrogens (tertiary/aromatic N) is 2. The number of nitro benzene ring substituents is 1. The van der Waals surface area contributed by atoms with Crippen LogP contribution in [0.3, 0.4) is 0 Å². The van der Waals surface area contributed by atoms with Crippen LogP contribution < -0.4 is 4.90 Å². The molecule has 2 aromatic rings. The maximum Gasteiger partial charge on any atom is 0.274 e. The van der Waals surface area contributed by atoms with Gasteiger partial charge in [0.15, 0.2) is 0 Å². The van der Waals surface area contributed by atoms with Crippen molar-refractivity contribution in [2.24, 2.45) is 0 Å². The summed E-state index contributed by atoms with van der Waals surface area (Å²) in [4.78, 5) is 12.3. The molecule has 3 rings (SSSR count). The molecule has 1 aliphatic heterocycles. The van der Waals surface area contributed by atoms with Crippen molar-refractivity contribution in [3.8, 4) is 0 Å². The lowest BCUT2D eigenvalue weighted by molar-refractivity contribution is -0.385. The number of rotatable bonds is 3. The Kier molecular flexibility index (Phi) is 3.56. The summed E-state index contributed by atoms with van der Waals surface area (Å²) in [5.74, 6) is -0.184. The largest absolute Gasteiger partial charge is 0.371 e. The van der Waals surface area contributed by atoms with Crippen LogP contribution in [0.4, 0.5) is 15.8 Å². The molecule has 21 heavy (non-hydrogen) atoms. The maximum absolute atomic E-state index is 13.5. The standard InChI is InChI=1S/C16H15FN2O2/c17-14-8-15(10-16(9-14)19(20)21)18-7-6-13(11-18)12-4-2-1-3-5-12/h1-5,8-10,13H,6-7,11H2. The molecule has 1 atom stereocenters.